The summed E-state index contributed by atoms with van der Waals surface area (Å²) in [5, 5.41) is 11.8. The minimum atomic E-state index is -1.03. The Kier molecular flexibility index (Phi) is 4.51. The molecule has 2 N–H and O–H groups in total. The first-order valence-electron chi connectivity index (χ1n) is 7.24. The number of fused-ring (bicyclic) bond motifs is 1. The topological polar surface area (TPSA) is 86.7 Å². The molecule has 3 atom stereocenters. The van der Waals surface area contributed by atoms with Gasteiger partial charge in [0.2, 0.25) is 11.8 Å². The summed E-state index contributed by atoms with van der Waals surface area (Å²) in [7, 11) is 0. The Morgan fingerprint density at radius 2 is 2.19 bits per heavy atom. The van der Waals surface area contributed by atoms with Gasteiger partial charge in [-0.2, -0.15) is 0 Å². The van der Waals surface area contributed by atoms with Crippen LogP contribution in [0.3, 0.4) is 0 Å². The third-order valence-corrected chi connectivity index (χ3v) is 5.57. The zero-order chi connectivity index (χ0) is 15.8. The van der Waals surface area contributed by atoms with Gasteiger partial charge in [0, 0.05) is 12.2 Å². The molecule has 6 nitrogen and oxygen atoms in total. The SMILES string of the molecule is CC(C)C[C@@H](NC(=O)C1CSC2(C)CCC(=O)N12)C(=O)O. The highest BCUT2D eigenvalue weighted by Crippen LogP contribution is 2.47. The second-order valence-electron chi connectivity index (χ2n) is 6.29. The molecule has 2 aliphatic heterocycles. The van der Waals surface area contributed by atoms with Crippen LogP contribution in [-0.2, 0) is 14.4 Å². The number of hydrogen-bond acceptors (Lipinski definition) is 4. The summed E-state index contributed by atoms with van der Waals surface area (Å²) in [5.41, 5.74) is 0. The number of carbonyl (C=O) groups is 3. The maximum atomic E-state index is 12.4. The van der Waals surface area contributed by atoms with Crippen molar-refractivity contribution in [1.82, 2.24) is 10.2 Å². The zero-order valence-electron chi connectivity index (χ0n) is 12.6. The Morgan fingerprint density at radius 3 is 2.76 bits per heavy atom. The van der Waals surface area contributed by atoms with Crippen LogP contribution in [0.2, 0.25) is 0 Å². The van der Waals surface area contributed by atoms with Crippen LogP contribution in [0.1, 0.15) is 40.0 Å². The fraction of sp³-hybridized carbons (Fsp3) is 0.786. The highest BCUT2D eigenvalue weighted by atomic mass is 32.2. The molecule has 0 saturated carbocycles. The van der Waals surface area contributed by atoms with Crippen LogP contribution in [0.25, 0.3) is 0 Å². The van der Waals surface area contributed by atoms with Gasteiger partial charge in [0.15, 0.2) is 0 Å². The molecule has 0 aromatic rings. The second kappa shape index (κ2) is 5.87. The first kappa shape index (κ1) is 16.1. The van der Waals surface area contributed by atoms with Gasteiger partial charge in [-0.05, 0) is 25.7 Å². The number of hydrogen-bond donors (Lipinski definition) is 2. The Morgan fingerprint density at radius 1 is 1.52 bits per heavy atom. The number of carbonyl (C=O) groups excluding carboxylic acids is 2. The van der Waals surface area contributed by atoms with Gasteiger partial charge in [-0.15, -0.1) is 11.8 Å². The van der Waals surface area contributed by atoms with Crippen LogP contribution < -0.4 is 5.32 Å². The van der Waals surface area contributed by atoms with E-state index >= 15 is 0 Å². The van der Waals surface area contributed by atoms with Crippen molar-refractivity contribution in [2.75, 3.05) is 5.75 Å². The van der Waals surface area contributed by atoms with Crippen LogP contribution in [0.15, 0.2) is 0 Å². The highest BCUT2D eigenvalue weighted by Gasteiger charge is 2.53. The van der Waals surface area contributed by atoms with Crippen molar-refractivity contribution in [2.45, 2.75) is 57.0 Å². The number of thioether (sulfide) groups is 1. The molecule has 0 aromatic carbocycles. The van der Waals surface area contributed by atoms with Crippen LogP contribution in [0, 0.1) is 5.92 Å². The van der Waals surface area contributed by atoms with E-state index in [0.717, 1.165) is 6.42 Å². The van der Waals surface area contributed by atoms with Crippen LogP contribution in [-0.4, -0.2) is 50.5 Å². The van der Waals surface area contributed by atoms with E-state index in [1.165, 1.54) is 0 Å². The number of nitrogens with one attached hydrogen (secondary N) is 1. The average Bonchev–Trinajstić information content (AvgIpc) is 2.85. The monoisotopic (exact) mass is 314 g/mol. The van der Waals surface area contributed by atoms with Gasteiger partial charge in [-0.25, -0.2) is 4.79 Å². The van der Waals surface area contributed by atoms with E-state index in [4.69, 9.17) is 0 Å². The molecule has 0 radical (unpaired) electrons. The molecule has 7 heteroatoms. The lowest BCUT2D eigenvalue weighted by atomic mass is 10.0. The van der Waals surface area contributed by atoms with E-state index in [1.54, 1.807) is 16.7 Å². The van der Waals surface area contributed by atoms with Gasteiger partial charge in [-0.1, -0.05) is 13.8 Å². The molecule has 0 aliphatic carbocycles. The van der Waals surface area contributed by atoms with E-state index in [9.17, 15) is 19.5 Å². The molecule has 21 heavy (non-hydrogen) atoms. The van der Waals surface area contributed by atoms with Gasteiger partial charge in [-0.3, -0.25) is 9.59 Å². The number of aliphatic carboxylic acids is 1. The van der Waals surface area contributed by atoms with E-state index < -0.39 is 18.1 Å². The maximum Gasteiger partial charge on any atom is 0.326 e. The highest BCUT2D eigenvalue weighted by molar-refractivity contribution is 8.01. The summed E-state index contributed by atoms with van der Waals surface area (Å²) in [4.78, 5) is 37.0. The summed E-state index contributed by atoms with van der Waals surface area (Å²) in [6.07, 6.45) is 1.59. The minimum absolute atomic E-state index is 0.0154. The van der Waals surface area contributed by atoms with Gasteiger partial charge < -0.3 is 15.3 Å². The second-order valence-corrected chi connectivity index (χ2v) is 7.80. The van der Waals surface area contributed by atoms with Crippen molar-refractivity contribution in [1.29, 1.82) is 0 Å². The van der Waals surface area contributed by atoms with Crippen molar-refractivity contribution < 1.29 is 19.5 Å². The Hall–Kier alpha value is -1.24. The molecule has 2 rings (SSSR count). The fourth-order valence-electron chi connectivity index (χ4n) is 2.98. The fourth-order valence-corrected chi connectivity index (χ4v) is 4.41. The molecule has 2 saturated heterocycles. The zero-order valence-corrected chi connectivity index (χ0v) is 13.4. The van der Waals surface area contributed by atoms with Crippen LogP contribution >= 0.6 is 11.8 Å². The molecule has 2 aliphatic rings. The van der Waals surface area contributed by atoms with E-state index in [2.05, 4.69) is 5.32 Å². The standard InChI is InChI=1S/C14H22N2O4S/c1-8(2)6-9(13(19)20)15-12(18)10-7-21-14(3)5-4-11(17)16(10)14/h8-10H,4-7H2,1-3H3,(H,15,18)(H,19,20)/t9-,10?,14?/m1/s1. The molecular formula is C14H22N2O4S. The summed E-state index contributed by atoms with van der Waals surface area (Å²) < 4.78 is 0. The van der Waals surface area contributed by atoms with Crippen molar-refractivity contribution >= 4 is 29.5 Å². The lowest BCUT2D eigenvalue weighted by molar-refractivity contribution is -0.144. The van der Waals surface area contributed by atoms with E-state index in [0.29, 0.717) is 18.6 Å². The summed E-state index contributed by atoms with van der Waals surface area (Å²) in [6, 6.07) is -1.45. The lowest BCUT2D eigenvalue weighted by Gasteiger charge is -2.30. The minimum Gasteiger partial charge on any atom is -0.480 e. The summed E-state index contributed by atoms with van der Waals surface area (Å²) in [6.45, 7) is 5.79. The molecule has 118 valence electrons. The predicted octanol–water partition coefficient (Wildman–Crippen LogP) is 1.06. The number of nitrogens with zero attached hydrogens (tertiary/aromatic N) is 1. The van der Waals surface area contributed by atoms with Gasteiger partial charge in [0.1, 0.15) is 12.1 Å². The first-order chi connectivity index (χ1) is 9.74. The predicted molar refractivity (Wildman–Crippen MR) is 79.8 cm³/mol. The number of carboxylic acids is 1. The molecule has 2 amide bonds. The van der Waals surface area contributed by atoms with Gasteiger partial charge in [0.05, 0.1) is 4.87 Å². The third-order valence-electron chi connectivity index (χ3n) is 4.07. The van der Waals surface area contributed by atoms with Crippen LogP contribution in [0.5, 0.6) is 0 Å². The van der Waals surface area contributed by atoms with Crippen molar-refractivity contribution in [2.24, 2.45) is 5.92 Å². The van der Waals surface area contributed by atoms with Crippen LogP contribution in [0.4, 0.5) is 0 Å². The average molecular weight is 314 g/mol. The molecule has 2 fully saturated rings. The largest absolute Gasteiger partial charge is 0.480 e. The first-order valence-corrected chi connectivity index (χ1v) is 8.22. The van der Waals surface area contributed by atoms with E-state index in [1.807, 2.05) is 20.8 Å². The lowest BCUT2D eigenvalue weighted by Crippen LogP contribution is -2.53. The molecule has 0 spiro atoms. The van der Waals surface area contributed by atoms with Gasteiger partial charge in [0.25, 0.3) is 0 Å². The summed E-state index contributed by atoms with van der Waals surface area (Å²) >= 11 is 1.60. The molecule has 0 bridgehead atoms. The molecule has 2 unspecified atom stereocenters. The summed E-state index contributed by atoms with van der Waals surface area (Å²) in [5.74, 6) is -0.698. The molecular weight excluding hydrogens is 292 g/mol. The molecule has 2 heterocycles. The van der Waals surface area contributed by atoms with Gasteiger partial charge >= 0.3 is 5.97 Å². The quantitative estimate of drug-likeness (QED) is 0.792. The smallest absolute Gasteiger partial charge is 0.326 e. The van der Waals surface area contributed by atoms with E-state index in [-0.39, 0.29) is 22.6 Å². The number of carboxylic acid groups (broad SMARTS) is 1. The maximum absolute atomic E-state index is 12.4. The van der Waals surface area contributed by atoms with Crippen molar-refractivity contribution in [3.8, 4) is 0 Å². The Balaban J connectivity index is 2.06. The van der Waals surface area contributed by atoms with Crippen molar-refractivity contribution in [3.05, 3.63) is 0 Å². The normalized spacial score (nSPS) is 29.6. The Labute approximate surface area is 128 Å². The number of rotatable bonds is 5. The number of amides is 2. The third kappa shape index (κ3) is 3.17. The van der Waals surface area contributed by atoms with Crippen molar-refractivity contribution in [3.63, 3.8) is 0 Å². The Bertz CT molecular complexity index is 468. The molecule has 0 aromatic heterocycles.